The number of aromatic nitrogens is 2. The minimum absolute atomic E-state index is 0.334. The molecular weight excluding hydrogens is 216 g/mol. The van der Waals surface area contributed by atoms with Crippen molar-refractivity contribution in [2.75, 3.05) is 13.2 Å². The monoisotopic (exact) mass is 233 g/mol. The van der Waals surface area contributed by atoms with Crippen LogP contribution in [0.3, 0.4) is 0 Å². The van der Waals surface area contributed by atoms with Crippen molar-refractivity contribution in [3.05, 3.63) is 17.0 Å². The Bertz CT molecular complexity index is 363. The molecule has 0 saturated heterocycles. The first-order valence-corrected chi connectivity index (χ1v) is 5.06. The predicted molar refractivity (Wildman–Crippen MR) is 56.4 cm³/mol. The summed E-state index contributed by atoms with van der Waals surface area (Å²) in [7, 11) is 1.81. The summed E-state index contributed by atoms with van der Waals surface area (Å²) in [5.41, 5.74) is 2.72. The fraction of sp³-hybridized carbons (Fsp3) is 0.700. The van der Waals surface area contributed by atoms with Crippen molar-refractivity contribution in [1.82, 2.24) is 15.1 Å². The lowest BCUT2D eigenvalue weighted by molar-refractivity contribution is -0.0477. The fourth-order valence-corrected chi connectivity index (χ4v) is 1.50. The van der Waals surface area contributed by atoms with Crippen molar-refractivity contribution in [2.45, 2.75) is 26.3 Å². The van der Waals surface area contributed by atoms with Gasteiger partial charge in [-0.15, -0.1) is 0 Å². The molecule has 2 N–H and O–H groups in total. The van der Waals surface area contributed by atoms with Crippen molar-refractivity contribution in [3.63, 3.8) is 0 Å². The van der Waals surface area contributed by atoms with Gasteiger partial charge in [-0.1, -0.05) is 0 Å². The van der Waals surface area contributed by atoms with E-state index in [2.05, 4.69) is 10.4 Å². The highest BCUT2D eigenvalue weighted by Crippen LogP contribution is 2.13. The first kappa shape index (κ1) is 13.1. The van der Waals surface area contributed by atoms with Gasteiger partial charge in [0.15, 0.2) is 0 Å². The molecule has 0 bridgehead atoms. The first-order chi connectivity index (χ1) is 7.37. The molecule has 0 saturated carbocycles. The fourth-order valence-electron chi connectivity index (χ4n) is 1.50. The number of nitrogens with one attached hydrogen (secondary N) is 1. The maximum Gasteiger partial charge on any atom is 0.282 e. The maximum absolute atomic E-state index is 12.7. The maximum atomic E-state index is 12.7. The van der Waals surface area contributed by atoms with Crippen LogP contribution in [0.1, 0.15) is 17.0 Å². The summed E-state index contributed by atoms with van der Waals surface area (Å²) in [4.78, 5) is 0. The van der Waals surface area contributed by atoms with Crippen LogP contribution in [0.5, 0.6) is 0 Å². The van der Waals surface area contributed by atoms with Gasteiger partial charge >= 0.3 is 0 Å². The van der Waals surface area contributed by atoms with Gasteiger partial charge in [-0.25, -0.2) is 8.78 Å². The lowest BCUT2D eigenvalue weighted by atomic mass is 10.2. The van der Waals surface area contributed by atoms with Gasteiger partial charge in [-0.05, 0) is 13.8 Å². The lowest BCUT2D eigenvalue weighted by Gasteiger charge is -2.13. The molecule has 6 heteroatoms. The number of hydrogen-bond donors (Lipinski definition) is 2. The van der Waals surface area contributed by atoms with Crippen LogP contribution in [-0.4, -0.2) is 34.0 Å². The van der Waals surface area contributed by atoms with Crippen LogP contribution in [0.25, 0.3) is 0 Å². The molecule has 1 rings (SSSR count). The normalized spacial score (nSPS) is 12.1. The molecule has 0 aliphatic rings. The zero-order chi connectivity index (χ0) is 12.3. The molecule has 4 nitrogen and oxygen atoms in total. The molecule has 0 aliphatic heterocycles. The van der Waals surface area contributed by atoms with E-state index in [1.807, 2.05) is 20.9 Å². The van der Waals surface area contributed by atoms with E-state index in [1.165, 1.54) is 0 Å². The molecular formula is C10H17F2N3O. The quantitative estimate of drug-likeness (QED) is 0.789. The summed E-state index contributed by atoms with van der Waals surface area (Å²) in [5, 5.41) is 15.2. The largest absolute Gasteiger partial charge is 0.390 e. The van der Waals surface area contributed by atoms with Crippen LogP contribution in [-0.2, 0) is 13.6 Å². The Labute approximate surface area is 93.3 Å². The van der Waals surface area contributed by atoms with Crippen molar-refractivity contribution in [3.8, 4) is 0 Å². The molecule has 16 heavy (non-hydrogen) atoms. The van der Waals surface area contributed by atoms with Crippen molar-refractivity contribution >= 4 is 0 Å². The molecule has 0 fully saturated rings. The molecule has 1 heterocycles. The summed E-state index contributed by atoms with van der Waals surface area (Å²) in [6.45, 7) is 2.40. The smallest absolute Gasteiger partial charge is 0.282 e. The third kappa shape index (κ3) is 2.99. The van der Waals surface area contributed by atoms with Crippen LogP contribution in [0.15, 0.2) is 0 Å². The summed E-state index contributed by atoms with van der Waals surface area (Å²) in [5.74, 6) is -3.07. The van der Waals surface area contributed by atoms with E-state index in [0.717, 1.165) is 17.0 Å². The Morgan fingerprint density at radius 1 is 1.44 bits per heavy atom. The Hall–Kier alpha value is -1.01. The van der Waals surface area contributed by atoms with Gasteiger partial charge < -0.3 is 10.4 Å². The SMILES string of the molecule is Cc1nn(C)c(C)c1CNCC(F)(F)CO. The van der Waals surface area contributed by atoms with E-state index in [1.54, 1.807) is 4.68 Å². The van der Waals surface area contributed by atoms with Gasteiger partial charge in [0.25, 0.3) is 5.92 Å². The zero-order valence-corrected chi connectivity index (χ0v) is 9.72. The molecule has 0 spiro atoms. The molecule has 0 radical (unpaired) electrons. The Morgan fingerprint density at radius 3 is 2.50 bits per heavy atom. The van der Waals surface area contributed by atoms with Crippen LogP contribution in [0.2, 0.25) is 0 Å². The number of nitrogens with zero attached hydrogens (tertiary/aromatic N) is 2. The summed E-state index contributed by atoms with van der Waals surface area (Å²) >= 11 is 0. The second-order valence-electron chi connectivity index (χ2n) is 3.89. The minimum atomic E-state index is -3.07. The number of hydrogen-bond acceptors (Lipinski definition) is 3. The Kier molecular flexibility index (Phi) is 3.98. The average Bonchev–Trinajstić information content (AvgIpc) is 2.44. The van der Waals surface area contributed by atoms with E-state index >= 15 is 0 Å². The van der Waals surface area contributed by atoms with Crippen molar-refractivity contribution in [2.24, 2.45) is 7.05 Å². The van der Waals surface area contributed by atoms with Gasteiger partial charge in [0, 0.05) is 24.8 Å². The lowest BCUT2D eigenvalue weighted by Crippen LogP contribution is -2.35. The van der Waals surface area contributed by atoms with E-state index < -0.39 is 19.1 Å². The Morgan fingerprint density at radius 2 is 2.06 bits per heavy atom. The number of halogens is 2. The molecule has 0 aliphatic carbocycles. The third-order valence-electron chi connectivity index (χ3n) is 2.58. The topological polar surface area (TPSA) is 50.1 Å². The molecule has 1 aromatic heterocycles. The number of rotatable bonds is 5. The molecule has 92 valence electrons. The number of alkyl halides is 2. The van der Waals surface area contributed by atoms with Gasteiger partial charge in [-0.2, -0.15) is 5.10 Å². The van der Waals surface area contributed by atoms with Crippen LogP contribution in [0, 0.1) is 13.8 Å². The number of aryl methyl sites for hydroxylation is 2. The standard InChI is InChI=1S/C10H17F2N3O/c1-7-9(8(2)15(3)14-7)4-13-5-10(11,12)6-16/h13,16H,4-6H2,1-3H3. The summed E-state index contributed by atoms with van der Waals surface area (Å²) in [6, 6.07) is 0. The second-order valence-corrected chi connectivity index (χ2v) is 3.89. The molecule has 1 aromatic rings. The van der Waals surface area contributed by atoms with Gasteiger partial charge in [0.05, 0.1) is 12.2 Å². The third-order valence-corrected chi connectivity index (χ3v) is 2.58. The van der Waals surface area contributed by atoms with E-state index in [9.17, 15) is 8.78 Å². The molecule has 0 amide bonds. The highest BCUT2D eigenvalue weighted by atomic mass is 19.3. The van der Waals surface area contributed by atoms with Crippen molar-refractivity contribution in [1.29, 1.82) is 0 Å². The van der Waals surface area contributed by atoms with E-state index in [-0.39, 0.29) is 0 Å². The summed E-state index contributed by atoms with van der Waals surface area (Å²) < 4.78 is 27.2. The van der Waals surface area contributed by atoms with Crippen LogP contribution >= 0.6 is 0 Å². The van der Waals surface area contributed by atoms with E-state index in [0.29, 0.717) is 6.54 Å². The second kappa shape index (κ2) is 4.88. The predicted octanol–water partition coefficient (Wildman–Crippen LogP) is 0.754. The van der Waals surface area contributed by atoms with Crippen LogP contribution < -0.4 is 5.32 Å². The van der Waals surface area contributed by atoms with Gasteiger partial charge in [-0.3, -0.25) is 4.68 Å². The minimum Gasteiger partial charge on any atom is -0.390 e. The molecule has 0 aromatic carbocycles. The highest BCUT2D eigenvalue weighted by Gasteiger charge is 2.27. The summed E-state index contributed by atoms with van der Waals surface area (Å²) in [6.07, 6.45) is 0. The Balaban J connectivity index is 2.55. The van der Waals surface area contributed by atoms with E-state index in [4.69, 9.17) is 5.11 Å². The van der Waals surface area contributed by atoms with Crippen molar-refractivity contribution < 1.29 is 13.9 Å². The van der Waals surface area contributed by atoms with Gasteiger partial charge in [0.1, 0.15) is 6.61 Å². The zero-order valence-electron chi connectivity index (χ0n) is 9.72. The average molecular weight is 233 g/mol. The number of aliphatic hydroxyl groups is 1. The van der Waals surface area contributed by atoms with Gasteiger partial charge in [0.2, 0.25) is 0 Å². The molecule has 0 atom stereocenters. The van der Waals surface area contributed by atoms with Crippen LogP contribution in [0.4, 0.5) is 8.78 Å². The highest BCUT2D eigenvalue weighted by molar-refractivity contribution is 5.23. The number of aliphatic hydroxyl groups excluding tert-OH is 1. The molecule has 0 unspecified atom stereocenters. The first-order valence-electron chi connectivity index (χ1n) is 5.06.